The zero-order valence-corrected chi connectivity index (χ0v) is 17.6. The van der Waals surface area contributed by atoms with Crippen molar-refractivity contribution in [2.75, 3.05) is 19.6 Å². The summed E-state index contributed by atoms with van der Waals surface area (Å²) in [6.45, 7) is 5.33. The van der Waals surface area contributed by atoms with Gasteiger partial charge in [-0.05, 0) is 87.5 Å². The van der Waals surface area contributed by atoms with E-state index >= 15 is 0 Å². The van der Waals surface area contributed by atoms with Crippen LogP contribution in [0.15, 0.2) is 30.3 Å². The Kier molecular flexibility index (Phi) is 5.13. The van der Waals surface area contributed by atoms with Gasteiger partial charge in [-0.2, -0.15) is 0 Å². The van der Waals surface area contributed by atoms with E-state index in [1.54, 1.807) is 6.92 Å². The quantitative estimate of drug-likeness (QED) is 0.632. The monoisotopic (exact) mass is 406 g/mol. The van der Waals surface area contributed by atoms with Gasteiger partial charge in [0.2, 0.25) is 0 Å². The van der Waals surface area contributed by atoms with Gasteiger partial charge in [0.1, 0.15) is 0 Å². The first kappa shape index (κ1) is 19.7. The van der Waals surface area contributed by atoms with Crippen LogP contribution in [0.5, 0.6) is 0 Å². The molecule has 158 valence electrons. The van der Waals surface area contributed by atoms with Crippen LogP contribution in [0.1, 0.15) is 60.2 Å². The molecule has 0 saturated carbocycles. The second-order valence-electron chi connectivity index (χ2n) is 8.97. The lowest BCUT2D eigenvalue weighted by Crippen LogP contribution is -2.38. The highest BCUT2D eigenvalue weighted by molar-refractivity contribution is 6.12. The first-order chi connectivity index (χ1) is 14.5. The molecule has 2 heterocycles. The van der Waals surface area contributed by atoms with E-state index in [2.05, 4.69) is 27.7 Å². The van der Waals surface area contributed by atoms with E-state index in [-0.39, 0.29) is 18.0 Å². The number of β-amino-alcohol motifs (C(OH)–C–C–N with tert-alkyl or cyclic N) is 1. The van der Waals surface area contributed by atoms with Crippen molar-refractivity contribution in [3.63, 3.8) is 0 Å². The number of hydrogen-bond donors (Lipinski definition) is 2. The van der Waals surface area contributed by atoms with E-state index < -0.39 is 0 Å². The molecule has 2 unspecified atom stereocenters. The molecule has 1 aliphatic heterocycles. The van der Waals surface area contributed by atoms with Crippen molar-refractivity contribution in [2.45, 2.75) is 57.8 Å². The number of aryl methyl sites for hydroxylation is 2. The number of fused-ring (bicyclic) bond motifs is 5. The SMILES string of the molecule is CC(=O)c1ccc2c(c1)c1c3c(ccc1n2CCCN1CCCC(O)C1)C(O)CC3. The number of nitrogens with zero attached hydrogens (tertiary/aromatic N) is 2. The number of ketones is 1. The standard InChI is InChI=1S/C25H30N2O3/c1-16(28)17-5-8-22-21(14-17)25-20-7-10-24(30)19(20)6-9-23(25)27(22)13-3-12-26-11-2-4-18(29)15-26/h5-6,8-9,14,18,24,29-30H,2-4,7,10-13,15H2,1H3. The molecule has 2 atom stereocenters. The van der Waals surface area contributed by atoms with Crippen LogP contribution < -0.4 is 0 Å². The molecule has 2 aliphatic rings. The van der Waals surface area contributed by atoms with Crippen molar-refractivity contribution in [1.29, 1.82) is 0 Å². The highest BCUT2D eigenvalue weighted by Gasteiger charge is 2.25. The Labute approximate surface area is 176 Å². The summed E-state index contributed by atoms with van der Waals surface area (Å²) >= 11 is 0. The summed E-state index contributed by atoms with van der Waals surface area (Å²) in [4.78, 5) is 14.4. The zero-order valence-electron chi connectivity index (χ0n) is 17.6. The third kappa shape index (κ3) is 3.35. The molecule has 2 N–H and O–H groups in total. The fraction of sp³-hybridized carbons (Fsp3) is 0.480. The van der Waals surface area contributed by atoms with Crippen molar-refractivity contribution >= 4 is 27.6 Å². The van der Waals surface area contributed by atoms with Gasteiger partial charge < -0.3 is 19.7 Å². The number of Topliss-reactive ketones (excluding diaryl/α,β-unsaturated/α-hetero) is 1. The minimum Gasteiger partial charge on any atom is -0.392 e. The smallest absolute Gasteiger partial charge is 0.159 e. The van der Waals surface area contributed by atoms with Gasteiger partial charge in [-0.25, -0.2) is 0 Å². The van der Waals surface area contributed by atoms with E-state index in [4.69, 9.17) is 0 Å². The summed E-state index contributed by atoms with van der Waals surface area (Å²) in [5, 5.41) is 22.6. The maximum atomic E-state index is 12.0. The van der Waals surface area contributed by atoms with Gasteiger partial charge in [-0.15, -0.1) is 0 Å². The van der Waals surface area contributed by atoms with Crippen molar-refractivity contribution < 1.29 is 15.0 Å². The number of aliphatic hydroxyl groups excluding tert-OH is 2. The zero-order chi connectivity index (χ0) is 20.8. The van der Waals surface area contributed by atoms with Crippen molar-refractivity contribution in [3.8, 4) is 0 Å². The topological polar surface area (TPSA) is 65.7 Å². The number of aromatic nitrogens is 1. The van der Waals surface area contributed by atoms with Crippen LogP contribution in [0.25, 0.3) is 21.8 Å². The minimum absolute atomic E-state index is 0.0778. The average molecular weight is 407 g/mol. The Morgan fingerprint density at radius 1 is 1.10 bits per heavy atom. The average Bonchev–Trinajstić information content (AvgIpc) is 3.26. The Morgan fingerprint density at radius 2 is 1.93 bits per heavy atom. The maximum absolute atomic E-state index is 12.0. The predicted molar refractivity (Wildman–Crippen MR) is 119 cm³/mol. The van der Waals surface area contributed by atoms with Crippen LogP contribution in [-0.2, 0) is 13.0 Å². The van der Waals surface area contributed by atoms with Crippen molar-refractivity contribution in [1.82, 2.24) is 9.47 Å². The number of aliphatic hydroxyl groups is 2. The molecular formula is C25H30N2O3. The van der Waals surface area contributed by atoms with Gasteiger partial charge in [0.05, 0.1) is 12.2 Å². The molecule has 0 amide bonds. The van der Waals surface area contributed by atoms with E-state index in [1.165, 1.54) is 16.5 Å². The fourth-order valence-electron chi connectivity index (χ4n) is 5.44. The van der Waals surface area contributed by atoms with E-state index in [1.807, 2.05) is 12.1 Å². The second kappa shape index (κ2) is 7.80. The summed E-state index contributed by atoms with van der Waals surface area (Å²) in [5.74, 6) is 0.0778. The molecule has 30 heavy (non-hydrogen) atoms. The van der Waals surface area contributed by atoms with Crippen LogP contribution in [0.2, 0.25) is 0 Å². The van der Waals surface area contributed by atoms with Crippen LogP contribution in [0.4, 0.5) is 0 Å². The second-order valence-corrected chi connectivity index (χ2v) is 8.97. The van der Waals surface area contributed by atoms with Gasteiger partial charge >= 0.3 is 0 Å². The largest absolute Gasteiger partial charge is 0.392 e. The van der Waals surface area contributed by atoms with Gasteiger partial charge in [-0.1, -0.05) is 6.07 Å². The molecule has 5 rings (SSSR count). The van der Waals surface area contributed by atoms with Crippen LogP contribution in [0.3, 0.4) is 0 Å². The molecule has 0 radical (unpaired) electrons. The Morgan fingerprint density at radius 3 is 2.73 bits per heavy atom. The van der Waals surface area contributed by atoms with Gasteiger partial charge in [0.15, 0.2) is 5.78 Å². The molecule has 5 heteroatoms. The number of carbonyl (C=O) groups excluding carboxylic acids is 1. The number of carbonyl (C=O) groups is 1. The normalized spacial score (nSPS) is 22.1. The number of hydrogen-bond acceptors (Lipinski definition) is 4. The highest BCUT2D eigenvalue weighted by Crippen LogP contribution is 2.41. The Bertz CT molecular complexity index is 1120. The van der Waals surface area contributed by atoms with Gasteiger partial charge in [-0.3, -0.25) is 4.79 Å². The third-order valence-corrected chi connectivity index (χ3v) is 6.94. The van der Waals surface area contributed by atoms with Crippen molar-refractivity contribution in [3.05, 3.63) is 47.0 Å². The lowest BCUT2D eigenvalue weighted by Gasteiger charge is -2.30. The van der Waals surface area contributed by atoms with E-state index in [9.17, 15) is 15.0 Å². The lowest BCUT2D eigenvalue weighted by molar-refractivity contribution is 0.0696. The summed E-state index contributed by atoms with van der Waals surface area (Å²) < 4.78 is 2.37. The first-order valence-electron chi connectivity index (χ1n) is 11.2. The summed E-state index contributed by atoms with van der Waals surface area (Å²) in [6, 6.07) is 10.3. The molecule has 1 saturated heterocycles. The maximum Gasteiger partial charge on any atom is 0.159 e. The number of benzene rings is 2. The fourth-order valence-corrected chi connectivity index (χ4v) is 5.44. The predicted octanol–water partition coefficient (Wildman–Crippen LogP) is 3.82. The molecule has 2 aromatic carbocycles. The first-order valence-corrected chi connectivity index (χ1v) is 11.2. The number of likely N-dealkylation sites (tertiary alicyclic amines) is 1. The molecule has 1 aliphatic carbocycles. The van der Waals surface area contributed by atoms with Gasteiger partial charge in [0.25, 0.3) is 0 Å². The van der Waals surface area contributed by atoms with Crippen LogP contribution >= 0.6 is 0 Å². The molecule has 5 nitrogen and oxygen atoms in total. The highest BCUT2D eigenvalue weighted by atomic mass is 16.3. The van der Waals surface area contributed by atoms with E-state index in [0.717, 1.165) is 80.3 Å². The molecule has 0 bridgehead atoms. The molecular weight excluding hydrogens is 376 g/mol. The minimum atomic E-state index is -0.385. The molecule has 1 aromatic heterocycles. The van der Waals surface area contributed by atoms with Crippen molar-refractivity contribution in [2.24, 2.45) is 0 Å². The molecule has 0 spiro atoms. The van der Waals surface area contributed by atoms with Crippen LogP contribution in [0, 0.1) is 0 Å². The Balaban J connectivity index is 1.54. The molecule has 1 fully saturated rings. The summed E-state index contributed by atoms with van der Waals surface area (Å²) in [7, 11) is 0. The number of piperidine rings is 1. The summed E-state index contributed by atoms with van der Waals surface area (Å²) in [6.07, 6.45) is 4.07. The lowest BCUT2D eigenvalue weighted by atomic mass is 10.0. The molecule has 3 aromatic rings. The van der Waals surface area contributed by atoms with Crippen LogP contribution in [-0.4, -0.2) is 51.2 Å². The number of rotatable bonds is 5. The Hall–Kier alpha value is -2.21. The van der Waals surface area contributed by atoms with Gasteiger partial charge in [0, 0.05) is 40.5 Å². The summed E-state index contributed by atoms with van der Waals surface area (Å²) in [5.41, 5.74) is 5.36. The van der Waals surface area contributed by atoms with E-state index in [0.29, 0.717) is 0 Å². The third-order valence-electron chi connectivity index (χ3n) is 6.94.